The number of benzene rings is 3. The number of esters is 2. The lowest BCUT2D eigenvalue weighted by molar-refractivity contribution is 0.0499. The van der Waals surface area contributed by atoms with Crippen LogP contribution in [0, 0.1) is 13.8 Å². The van der Waals surface area contributed by atoms with Gasteiger partial charge in [-0.05, 0) is 79.9 Å². The van der Waals surface area contributed by atoms with Gasteiger partial charge in [0.2, 0.25) is 0 Å². The molecule has 7 heteroatoms. The molecule has 0 aliphatic carbocycles. The predicted molar refractivity (Wildman–Crippen MR) is 138 cm³/mol. The number of ether oxygens (including phenoxy) is 4. The van der Waals surface area contributed by atoms with Crippen molar-refractivity contribution in [3.05, 3.63) is 70.8 Å². The van der Waals surface area contributed by atoms with Crippen molar-refractivity contribution in [2.45, 2.75) is 33.6 Å². The first-order valence-corrected chi connectivity index (χ1v) is 11.8. The first kappa shape index (κ1) is 25.0. The maximum absolute atomic E-state index is 13.7. The number of methoxy groups -OCH3 is 2. The Kier molecular flexibility index (Phi) is 7.38. The van der Waals surface area contributed by atoms with Crippen LogP contribution < -0.4 is 14.2 Å². The van der Waals surface area contributed by atoms with E-state index in [4.69, 9.17) is 23.9 Å². The fraction of sp³-hybridized carbons (Fsp3) is 0.276. The van der Waals surface area contributed by atoms with Crippen molar-refractivity contribution in [3.8, 4) is 17.2 Å². The number of pyridine rings is 1. The fourth-order valence-corrected chi connectivity index (χ4v) is 4.14. The zero-order valence-electron chi connectivity index (χ0n) is 21.1. The first-order chi connectivity index (χ1) is 17.4. The molecule has 3 aromatic carbocycles. The Bertz CT molecular complexity index is 1370. The minimum absolute atomic E-state index is 0.356. The van der Waals surface area contributed by atoms with Crippen LogP contribution in [0.3, 0.4) is 0 Å². The smallest absolute Gasteiger partial charge is 0.344 e. The molecule has 0 saturated carbocycles. The maximum Gasteiger partial charge on any atom is 0.344 e. The Labute approximate surface area is 209 Å². The van der Waals surface area contributed by atoms with E-state index in [0.29, 0.717) is 67.9 Å². The van der Waals surface area contributed by atoms with E-state index < -0.39 is 11.9 Å². The quantitative estimate of drug-likeness (QED) is 0.127. The Morgan fingerprint density at radius 3 is 1.86 bits per heavy atom. The van der Waals surface area contributed by atoms with E-state index in [1.165, 1.54) is 0 Å². The summed E-state index contributed by atoms with van der Waals surface area (Å²) in [5.41, 5.74) is 3.37. The standard InChI is InChI=1S/C29H29NO6/c1-6-7-12-35-28(31)19-13-17(2)27(18(3)14-19)36-29(32)26-22-15-20(33-4)8-10-24(22)30-25-11-9-21(34-5)16-23(25)26/h8-11,13-16H,6-7,12H2,1-5H3. The number of aromatic nitrogens is 1. The van der Waals surface area contributed by atoms with Crippen LogP contribution in [-0.4, -0.2) is 37.7 Å². The van der Waals surface area contributed by atoms with Crippen LogP contribution in [0.1, 0.15) is 51.6 Å². The molecule has 4 rings (SSSR count). The summed E-state index contributed by atoms with van der Waals surface area (Å²) < 4.78 is 22.1. The van der Waals surface area contributed by atoms with Gasteiger partial charge in [0.15, 0.2) is 0 Å². The van der Waals surface area contributed by atoms with E-state index in [2.05, 4.69) is 0 Å². The molecule has 0 N–H and O–H groups in total. The molecule has 0 fully saturated rings. The van der Waals surface area contributed by atoms with E-state index in [9.17, 15) is 9.59 Å². The van der Waals surface area contributed by atoms with Crippen LogP contribution in [-0.2, 0) is 4.74 Å². The van der Waals surface area contributed by atoms with Gasteiger partial charge in [-0.3, -0.25) is 0 Å². The summed E-state index contributed by atoms with van der Waals surface area (Å²) in [5.74, 6) is 0.656. The summed E-state index contributed by atoms with van der Waals surface area (Å²) in [5, 5.41) is 1.21. The molecule has 0 spiro atoms. The SMILES string of the molecule is CCCCOC(=O)c1cc(C)c(OC(=O)c2c3cc(OC)ccc3nc3ccc(OC)cc23)c(C)c1. The van der Waals surface area contributed by atoms with E-state index in [-0.39, 0.29) is 0 Å². The molecular weight excluding hydrogens is 458 g/mol. The number of hydrogen-bond donors (Lipinski definition) is 0. The van der Waals surface area contributed by atoms with Crippen LogP contribution in [0.15, 0.2) is 48.5 Å². The van der Waals surface area contributed by atoms with E-state index in [0.717, 1.165) is 12.8 Å². The highest BCUT2D eigenvalue weighted by atomic mass is 16.5. The molecular formula is C29H29NO6. The second-order valence-electron chi connectivity index (χ2n) is 8.57. The Morgan fingerprint density at radius 2 is 1.36 bits per heavy atom. The summed E-state index contributed by atoms with van der Waals surface area (Å²) in [7, 11) is 3.14. The van der Waals surface area contributed by atoms with Gasteiger partial charge in [0.05, 0.1) is 43.0 Å². The second kappa shape index (κ2) is 10.6. The molecule has 186 valence electrons. The topological polar surface area (TPSA) is 84.0 Å². The zero-order valence-corrected chi connectivity index (χ0v) is 21.1. The van der Waals surface area contributed by atoms with Gasteiger partial charge in [-0.1, -0.05) is 13.3 Å². The van der Waals surface area contributed by atoms with Gasteiger partial charge in [-0.25, -0.2) is 14.6 Å². The van der Waals surface area contributed by atoms with Crippen molar-refractivity contribution in [2.24, 2.45) is 0 Å². The van der Waals surface area contributed by atoms with Gasteiger partial charge in [0.1, 0.15) is 17.2 Å². The van der Waals surface area contributed by atoms with E-state index >= 15 is 0 Å². The third-order valence-corrected chi connectivity index (χ3v) is 6.01. The Balaban J connectivity index is 1.78. The van der Waals surface area contributed by atoms with Crippen LogP contribution in [0.5, 0.6) is 17.2 Å². The van der Waals surface area contributed by atoms with Gasteiger partial charge in [-0.2, -0.15) is 0 Å². The second-order valence-corrected chi connectivity index (χ2v) is 8.57. The third kappa shape index (κ3) is 4.96. The molecule has 0 amide bonds. The molecule has 0 saturated heterocycles. The molecule has 4 aromatic rings. The van der Waals surface area contributed by atoms with Gasteiger partial charge in [0.25, 0.3) is 0 Å². The lowest BCUT2D eigenvalue weighted by Gasteiger charge is -2.15. The fourth-order valence-electron chi connectivity index (χ4n) is 4.14. The summed E-state index contributed by atoms with van der Waals surface area (Å²) >= 11 is 0. The summed E-state index contributed by atoms with van der Waals surface area (Å²) in [4.78, 5) is 30.9. The molecule has 0 unspecified atom stereocenters. The predicted octanol–water partition coefficient (Wildman–Crippen LogP) is 6.20. The Morgan fingerprint density at radius 1 is 0.806 bits per heavy atom. The average molecular weight is 488 g/mol. The minimum Gasteiger partial charge on any atom is -0.497 e. The van der Waals surface area contributed by atoms with Gasteiger partial charge >= 0.3 is 11.9 Å². The van der Waals surface area contributed by atoms with Crippen LogP contribution >= 0.6 is 0 Å². The molecule has 1 aromatic heterocycles. The van der Waals surface area contributed by atoms with E-state index in [1.807, 2.05) is 19.1 Å². The molecule has 0 aliphatic heterocycles. The minimum atomic E-state index is -0.543. The average Bonchev–Trinajstić information content (AvgIpc) is 2.88. The molecule has 0 atom stereocenters. The number of nitrogens with zero attached hydrogens (tertiary/aromatic N) is 1. The largest absolute Gasteiger partial charge is 0.497 e. The normalized spacial score (nSPS) is 10.9. The highest BCUT2D eigenvalue weighted by Crippen LogP contribution is 2.33. The first-order valence-electron chi connectivity index (χ1n) is 11.8. The number of carbonyl (C=O) groups is 2. The molecule has 0 radical (unpaired) electrons. The summed E-state index contributed by atoms with van der Waals surface area (Å²) in [6.45, 7) is 6.01. The number of hydrogen-bond acceptors (Lipinski definition) is 7. The lowest BCUT2D eigenvalue weighted by atomic mass is 10.0. The van der Waals surface area contributed by atoms with Crippen molar-refractivity contribution in [1.82, 2.24) is 4.98 Å². The van der Waals surface area contributed by atoms with Crippen LogP contribution in [0.25, 0.3) is 21.8 Å². The van der Waals surface area contributed by atoms with Crippen LogP contribution in [0.4, 0.5) is 0 Å². The van der Waals surface area contributed by atoms with Gasteiger partial charge in [-0.15, -0.1) is 0 Å². The van der Waals surface area contributed by atoms with Crippen molar-refractivity contribution in [2.75, 3.05) is 20.8 Å². The van der Waals surface area contributed by atoms with Crippen molar-refractivity contribution in [3.63, 3.8) is 0 Å². The zero-order chi connectivity index (χ0) is 25.8. The molecule has 0 bridgehead atoms. The molecule has 1 heterocycles. The monoisotopic (exact) mass is 487 g/mol. The number of unbranched alkanes of at least 4 members (excludes halogenated alkanes) is 1. The third-order valence-electron chi connectivity index (χ3n) is 6.01. The number of carbonyl (C=O) groups excluding carboxylic acids is 2. The number of fused-ring (bicyclic) bond motifs is 2. The van der Waals surface area contributed by atoms with E-state index in [1.54, 1.807) is 64.5 Å². The highest BCUT2D eigenvalue weighted by molar-refractivity contribution is 6.15. The number of rotatable bonds is 8. The van der Waals surface area contributed by atoms with Gasteiger partial charge in [0, 0.05) is 10.8 Å². The molecule has 7 nitrogen and oxygen atoms in total. The summed E-state index contributed by atoms with van der Waals surface area (Å²) in [6, 6.07) is 14.1. The van der Waals surface area contributed by atoms with Crippen LogP contribution in [0.2, 0.25) is 0 Å². The van der Waals surface area contributed by atoms with Crippen molar-refractivity contribution in [1.29, 1.82) is 0 Å². The maximum atomic E-state index is 13.7. The number of aryl methyl sites for hydroxylation is 2. The Hall–Kier alpha value is -4.13. The molecule has 0 aliphatic rings. The summed E-state index contributed by atoms with van der Waals surface area (Å²) in [6.07, 6.45) is 1.75. The van der Waals surface area contributed by atoms with Crippen molar-refractivity contribution >= 4 is 33.7 Å². The van der Waals surface area contributed by atoms with Gasteiger partial charge < -0.3 is 18.9 Å². The highest BCUT2D eigenvalue weighted by Gasteiger charge is 2.22. The molecule has 36 heavy (non-hydrogen) atoms. The lowest BCUT2D eigenvalue weighted by Crippen LogP contribution is -2.13. The van der Waals surface area contributed by atoms with Crippen molar-refractivity contribution < 1.29 is 28.5 Å².